The molecular weight excluding hydrogens is 1330 g/mol. The number of rotatable bonds is 35. The van der Waals surface area contributed by atoms with Gasteiger partial charge in [-0.15, -0.1) is 0 Å². The summed E-state index contributed by atoms with van der Waals surface area (Å²) in [5, 5.41) is 104. The highest BCUT2D eigenvalue weighted by Crippen LogP contribution is 2.36. The van der Waals surface area contributed by atoms with Crippen molar-refractivity contribution in [1.82, 2.24) is 31.9 Å². The van der Waals surface area contributed by atoms with Gasteiger partial charge in [-0.2, -0.15) is 23.5 Å². The molecule has 2 heterocycles. The van der Waals surface area contributed by atoms with Crippen molar-refractivity contribution in [2.24, 2.45) is 0 Å². The molecule has 2 unspecified atom stereocenters. The number of ether oxygens (including phenoxy) is 4. The number of carbonyl (C=O) groups is 8. The third-order valence-electron chi connectivity index (χ3n) is 16.7. The van der Waals surface area contributed by atoms with Gasteiger partial charge < -0.3 is 91.7 Å². The zero-order valence-corrected chi connectivity index (χ0v) is 56.6. The summed E-state index contributed by atoms with van der Waals surface area (Å²) in [5.74, 6) is -9.82. The largest absolute Gasteiger partial charge is 0.477 e. The number of nitrogens with one attached hydrogen (secondary N) is 6. The van der Waals surface area contributed by atoms with Crippen LogP contribution in [-0.2, 0) is 38.1 Å². The molecule has 100 heavy (non-hydrogen) atoms. The maximum Gasteiger partial charge on any atom is 0.364 e. The number of aliphatic hydroxyl groups excluding tert-OH is 6. The molecule has 2 saturated heterocycles. The number of benzene rings is 6. The molecule has 0 bridgehead atoms. The molecule has 0 saturated carbocycles. The van der Waals surface area contributed by atoms with E-state index < -0.39 is 146 Å². The Hall–Kier alpha value is -8.62. The van der Waals surface area contributed by atoms with Crippen LogP contribution in [-0.4, -0.2) is 223 Å². The minimum atomic E-state index is -2.51. The van der Waals surface area contributed by atoms with Crippen LogP contribution in [0.1, 0.15) is 81.0 Å². The van der Waals surface area contributed by atoms with E-state index in [2.05, 4.69) is 31.9 Å². The van der Waals surface area contributed by atoms with Crippen LogP contribution in [0, 0.1) is 0 Å². The lowest BCUT2D eigenvalue weighted by Crippen LogP contribution is -2.68. The van der Waals surface area contributed by atoms with Crippen molar-refractivity contribution in [2.75, 3.05) is 62.4 Å². The molecule has 28 heteroatoms. The topological polar surface area (TPSA) is 408 Å². The van der Waals surface area contributed by atoms with Crippen LogP contribution in [0.4, 0.5) is 0 Å². The second-order valence-electron chi connectivity index (χ2n) is 23.9. The van der Waals surface area contributed by atoms with Gasteiger partial charge >= 0.3 is 11.9 Å². The van der Waals surface area contributed by atoms with Crippen LogP contribution in [0.3, 0.4) is 0 Å². The minimum absolute atomic E-state index is 0.198. The Balaban J connectivity index is 0.753. The Bertz CT molecular complexity index is 3490. The minimum Gasteiger partial charge on any atom is -0.477 e. The van der Waals surface area contributed by atoms with E-state index in [1.165, 1.54) is 23.5 Å². The zero-order chi connectivity index (χ0) is 71.9. The van der Waals surface area contributed by atoms with Crippen LogP contribution in [0.25, 0.3) is 33.4 Å². The number of aliphatic carboxylic acids is 2. The van der Waals surface area contributed by atoms with E-state index >= 15 is 0 Å². The fourth-order valence-electron chi connectivity index (χ4n) is 11.6. The number of thioether (sulfide) groups is 2. The van der Waals surface area contributed by atoms with Crippen molar-refractivity contribution in [3.8, 4) is 33.4 Å². The smallest absolute Gasteiger partial charge is 0.364 e. The highest BCUT2D eigenvalue weighted by molar-refractivity contribution is 7.99. The van der Waals surface area contributed by atoms with Gasteiger partial charge in [0.15, 0.2) is 0 Å². The zero-order valence-electron chi connectivity index (χ0n) is 55.0. The van der Waals surface area contributed by atoms with Crippen molar-refractivity contribution in [2.45, 2.75) is 112 Å². The molecule has 2 fully saturated rings. The summed E-state index contributed by atoms with van der Waals surface area (Å²) in [6, 6.07) is 43.2. The summed E-state index contributed by atoms with van der Waals surface area (Å²) in [7, 11) is 0. The fourth-order valence-corrected chi connectivity index (χ4v) is 13.1. The van der Waals surface area contributed by atoms with E-state index in [9.17, 15) is 79.2 Å². The maximum absolute atomic E-state index is 13.7. The first-order valence-electron chi connectivity index (χ1n) is 32.5. The lowest BCUT2D eigenvalue weighted by atomic mass is 9.88. The lowest BCUT2D eigenvalue weighted by molar-refractivity contribution is -0.310. The first-order valence-corrected chi connectivity index (χ1v) is 34.8. The Morgan fingerprint density at radius 1 is 0.460 bits per heavy atom. The van der Waals surface area contributed by atoms with Gasteiger partial charge in [0.1, 0.15) is 24.4 Å². The summed E-state index contributed by atoms with van der Waals surface area (Å²) in [5.41, 5.74) is 5.75. The molecule has 0 spiro atoms. The van der Waals surface area contributed by atoms with Crippen LogP contribution in [0.2, 0.25) is 0 Å². The molecule has 6 aromatic carbocycles. The molecule has 0 radical (unpaired) electrons. The van der Waals surface area contributed by atoms with E-state index in [1.807, 2.05) is 60.7 Å². The normalized spacial score (nSPS) is 21.6. The Labute approximate surface area is 585 Å². The summed E-state index contributed by atoms with van der Waals surface area (Å²) in [6.07, 6.45) is -14.8. The molecular formula is C72H84N6O20S2. The van der Waals surface area contributed by atoms with Gasteiger partial charge in [0.05, 0.1) is 49.7 Å². The molecule has 0 aromatic heterocycles. The van der Waals surface area contributed by atoms with Gasteiger partial charge in [-0.1, -0.05) is 121 Å². The molecule has 2 aliphatic rings. The van der Waals surface area contributed by atoms with Crippen molar-refractivity contribution in [1.29, 1.82) is 0 Å². The number of aliphatic hydroxyl groups is 6. The summed E-state index contributed by atoms with van der Waals surface area (Å²) >= 11 is 2.84. The lowest BCUT2D eigenvalue weighted by Gasteiger charge is -2.46. The molecule has 534 valence electrons. The number of amides is 6. The third kappa shape index (κ3) is 20.8. The predicted octanol–water partition coefficient (Wildman–Crippen LogP) is 3.60. The van der Waals surface area contributed by atoms with E-state index in [-0.39, 0.29) is 50.3 Å². The second kappa shape index (κ2) is 37.2. The monoisotopic (exact) mass is 1420 g/mol. The van der Waals surface area contributed by atoms with Gasteiger partial charge in [-0.3, -0.25) is 28.8 Å². The number of carboxylic acid groups (broad SMARTS) is 2. The van der Waals surface area contributed by atoms with Crippen LogP contribution in [0.5, 0.6) is 0 Å². The van der Waals surface area contributed by atoms with Crippen molar-refractivity contribution >= 4 is 70.9 Å². The molecule has 6 amide bonds. The number of carbonyl (C=O) groups excluding carboxylic acids is 6. The molecule has 2 aliphatic heterocycles. The summed E-state index contributed by atoms with van der Waals surface area (Å²) < 4.78 is 23.4. The molecule has 8 rings (SSSR count). The summed E-state index contributed by atoms with van der Waals surface area (Å²) in [6.45, 7) is 1.31. The van der Waals surface area contributed by atoms with Gasteiger partial charge in [0, 0.05) is 86.6 Å². The molecule has 6 aromatic rings. The quantitative estimate of drug-likeness (QED) is 0.0253. The highest BCUT2D eigenvalue weighted by Gasteiger charge is 2.57. The molecule has 26 nitrogen and oxygen atoms in total. The summed E-state index contributed by atoms with van der Waals surface area (Å²) in [4.78, 5) is 104. The fraction of sp³-hybridized carbons (Fsp3) is 0.389. The van der Waals surface area contributed by atoms with Crippen molar-refractivity contribution < 1.29 is 98.2 Å². The Kier molecular flexibility index (Phi) is 28.7. The Morgan fingerprint density at radius 2 is 0.800 bits per heavy atom. The Morgan fingerprint density at radius 3 is 1.15 bits per heavy atom. The molecule has 14 N–H and O–H groups in total. The first-order chi connectivity index (χ1) is 48.0. The van der Waals surface area contributed by atoms with Crippen LogP contribution >= 0.6 is 23.5 Å². The average molecular weight is 1420 g/mol. The van der Waals surface area contributed by atoms with E-state index in [4.69, 9.17) is 18.9 Å². The standard InChI is InChI=1S/C72H84N6O20S2/c1-43(79)77-59-55(81)39-71(69(91)92,97-63(59)61(85)57(83)41-75-65(87)49-27-23-47(24-28-49)45-15-5-3-6-16-45)95-33-13-35-99-37-31-73-67(89)53-21-11-9-19-51(53)52-20-10-12-22-54(52)68(90)74-32-38-100-36-14-34-96-72(70(93)94)40-56(82)60(78-44(2)80)64(98-72)62(86)58(84)42-76-66(88)50-29-25-48(26-30-50)46-17-7-4-8-18-46/h3-12,15-30,55-64,81-86H,13-14,31-42H2,1-2H3,(H,73,89)(H,74,90)(H,75,87)(H,76,88)(H,77,79)(H,78,80)(H,91,92)(H,93,94)/t55-,56-,57+,58+,59+,60+,61?,62?,63+,64+,71+,72+/m0/s1. The van der Waals surface area contributed by atoms with Crippen molar-refractivity contribution in [3.05, 3.63) is 180 Å². The van der Waals surface area contributed by atoms with Gasteiger partial charge in [0.2, 0.25) is 11.8 Å². The number of hydrogen-bond acceptors (Lipinski definition) is 20. The van der Waals surface area contributed by atoms with E-state index in [1.54, 1.807) is 97.1 Å². The molecule has 12 atom stereocenters. The second-order valence-corrected chi connectivity index (χ2v) is 26.4. The molecule has 0 aliphatic carbocycles. The first kappa shape index (κ1) is 77.1. The average Bonchev–Trinajstić information content (AvgIpc) is 0.778. The van der Waals surface area contributed by atoms with E-state index in [0.29, 0.717) is 45.3 Å². The van der Waals surface area contributed by atoms with Crippen molar-refractivity contribution in [3.63, 3.8) is 0 Å². The number of carboxylic acids is 2. The predicted molar refractivity (Wildman–Crippen MR) is 372 cm³/mol. The van der Waals surface area contributed by atoms with Crippen LogP contribution < -0.4 is 31.9 Å². The highest BCUT2D eigenvalue weighted by atomic mass is 32.2. The van der Waals surface area contributed by atoms with Crippen LogP contribution in [0.15, 0.2) is 158 Å². The maximum atomic E-state index is 13.7. The van der Waals surface area contributed by atoms with E-state index in [0.717, 1.165) is 36.1 Å². The SMILES string of the molecule is CC(=O)N[C@@H]1[C@@H](O)C[C@](OCCCSCCNC(=O)c2ccccc2-c2ccccc2C(=O)NCCSCCCO[C@]2(C(=O)O)C[C@H](O)[C@@H](NC(C)=O)[C@H](C(O)[C@H](O)CNC(=O)c3ccc(-c4ccccc4)cc3)O2)(C(=O)O)O[C@H]1C(O)[C@H](O)CNC(=O)c1ccc(-c2ccccc2)cc1. The third-order valence-corrected chi connectivity index (χ3v) is 18.8. The van der Waals surface area contributed by atoms with Gasteiger partial charge in [-0.25, -0.2) is 9.59 Å². The number of hydrogen-bond donors (Lipinski definition) is 14. The van der Waals surface area contributed by atoms with Gasteiger partial charge in [-0.05, 0) is 94.1 Å². The van der Waals surface area contributed by atoms with Gasteiger partial charge in [0.25, 0.3) is 35.2 Å².